The highest BCUT2D eigenvalue weighted by atomic mass is 16.5. The molecule has 1 aliphatic heterocycles. The molecule has 20 heavy (non-hydrogen) atoms. The second kappa shape index (κ2) is 7.81. The molecule has 0 aliphatic carbocycles. The largest absolute Gasteiger partial charge is 0.507 e. The summed E-state index contributed by atoms with van der Waals surface area (Å²) >= 11 is 0. The predicted molar refractivity (Wildman–Crippen MR) is 66.8 cm³/mol. The Bertz CT molecular complexity index is 424. The lowest BCUT2D eigenvalue weighted by atomic mass is 10.1. The number of hydrogen-bond acceptors (Lipinski definition) is 6. The zero-order chi connectivity index (χ0) is 15.1. The van der Waals surface area contributed by atoms with Crippen LogP contribution in [0.5, 0.6) is 5.75 Å². The SMILES string of the molecule is COC(=O)c1ccccc1O.[O][C@H]1COC[C@@H](O)[C@@H]1O. The first-order valence-corrected chi connectivity index (χ1v) is 5.93. The van der Waals surface area contributed by atoms with Gasteiger partial charge in [-0.2, -0.15) is 0 Å². The molecule has 1 radical (unpaired) electrons. The fraction of sp³-hybridized carbons (Fsp3) is 0.462. The van der Waals surface area contributed by atoms with Crippen LogP contribution < -0.4 is 0 Å². The quantitative estimate of drug-likeness (QED) is 0.611. The number of methoxy groups -OCH3 is 1. The van der Waals surface area contributed by atoms with Crippen LogP contribution in [0.3, 0.4) is 0 Å². The number of carbonyl (C=O) groups is 1. The molecule has 0 saturated carbocycles. The zero-order valence-electron chi connectivity index (χ0n) is 10.9. The van der Waals surface area contributed by atoms with E-state index in [1.807, 2.05) is 0 Å². The number of hydrogen-bond donors (Lipinski definition) is 3. The van der Waals surface area contributed by atoms with Crippen LogP contribution >= 0.6 is 0 Å². The van der Waals surface area contributed by atoms with Gasteiger partial charge in [-0.3, -0.25) is 0 Å². The van der Waals surface area contributed by atoms with Crippen LogP contribution in [0.2, 0.25) is 0 Å². The first kappa shape index (κ1) is 16.4. The van der Waals surface area contributed by atoms with Crippen LogP contribution in [0.15, 0.2) is 24.3 Å². The Kier molecular flexibility index (Phi) is 6.40. The molecule has 1 fully saturated rings. The normalized spacial score (nSPS) is 25.3. The van der Waals surface area contributed by atoms with Crippen LogP contribution in [0.1, 0.15) is 10.4 Å². The van der Waals surface area contributed by atoms with Gasteiger partial charge in [0.1, 0.15) is 29.6 Å². The van der Waals surface area contributed by atoms with Crippen molar-refractivity contribution in [3.8, 4) is 5.75 Å². The molecule has 0 unspecified atom stereocenters. The van der Waals surface area contributed by atoms with E-state index < -0.39 is 24.3 Å². The highest BCUT2D eigenvalue weighted by Gasteiger charge is 2.30. The standard InChI is InChI=1S/C8H8O3.C5H9O4/c1-11-8(10)6-4-2-3-5-7(6)9;6-3-1-9-2-4(7)5(3)8/h2-5,9H,1H3;3-6,8H,1-2H2/t;3-,4+,5+/m.1/s1. The van der Waals surface area contributed by atoms with Crippen molar-refractivity contribution in [2.45, 2.75) is 18.3 Å². The predicted octanol–water partition coefficient (Wildman–Crippen LogP) is -0.284. The number of aliphatic hydroxyl groups is 2. The molecule has 3 atom stereocenters. The maximum atomic E-state index is 10.9. The minimum Gasteiger partial charge on any atom is -0.507 e. The summed E-state index contributed by atoms with van der Waals surface area (Å²) in [6, 6.07) is 6.24. The second-order valence-electron chi connectivity index (χ2n) is 4.14. The molecule has 1 aliphatic rings. The van der Waals surface area contributed by atoms with Gasteiger partial charge in [-0.1, -0.05) is 12.1 Å². The van der Waals surface area contributed by atoms with Gasteiger partial charge < -0.3 is 24.8 Å². The van der Waals surface area contributed by atoms with E-state index in [1.165, 1.54) is 19.2 Å². The molecule has 2 rings (SSSR count). The molecule has 0 amide bonds. The van der Waals surface area contributed by atoms with Crippen LogP contribution in [0.25, 0.3) is 0 Å². The van der Waals surface area contributed by atoms with Crippen molar-refractivity contribution < 1.29 is 34.7 Å². The van der Waals surface area contributed by atoms with Crippen LogP contribution in [-0.2, 0) is 14.6 Å². The number of phenolic OH excluding ortho intramolecular Hbond substituents is 1. The molecular formula is C13H17O7. The third kappa shape index (κ3) is 4.46. The van der Waals surface area contributed by atoms with Gasteiger partial charge in [-0.05, 0) is 12.1 Å². The number of esters is 1. The third-order valence-electron chi connectivity index (χ3n) is 2.66. The van der Waals surface area contributed by atoms with Gasteiger partial charge in [0, 0.05) is 0 Å². The van der Waals surface area contributed by atoms with E-state index in [0.717, 1.165) is 0 Å². The van der Waals surface area contributed by atoms with E-state index in [2.05, 4.69) is 9.47 Å². The first-order valence-electron chi connectivity index (χ1n) is 5.93. The van der Waals surface area contributed by atoms with Crippen molar-refractivity contribution in [1.29, 1.82) is 0 Å². The van der Waals surface area contributed by atoms with Crippen LogP contribution in [0, 0.1) is 0 Å². The third-order valence-corrected chi connectivity index (χ3v) is 2.66. The molecule has 0 aromatic heterocycles. The van der Waals surface area contributed by atoms with Crippen molar-refractivity contribution in [2.24, 2.45) is 0 Å². The van der Waals surface area contributed by atoms with E-state index >= 15 is 0 Å². The number of ether oxygens (including phenoxy) is 2. The molecule has 1 aromatic carbocycles. The van der Waals surface area contributed by atoms with Crippen molar-refractivity contribution in [3.63, 3.8) is 0 Å². The minimum atomic E-state index is -1.19. The highest BCUT2D eigenvalue weighted by molar-refractivity contribution is 5.92. The zero-order valence-corrected chi connectivity index (χ0v) is 10.9. The lowest BCUT2D eigenvalue weighted by Gasteiger charge is -2.26. The van der Waals surface area contributed by atoms with E-state index in [4.69, 9.17) is 15.3 Å². The Labute approximate surface area is 116 Å². The number of aliphatic hydroxyl groups excluding tert-OH is 2. The lowest BCUT2D eigenvalue weighted by Crippen LogP contribution is -2.46. The number of rotatable bonds is 1. The maximum Gasteiger partial charge on any atom is 0.341 e. The van der Waals surface area contributed by atoms with Gasteiger partial charge in [0.15, 0.2) is 0 Å². The maximum absolute atomic E-state index is 10.9. The van der Waals surface area contributed by atoms with Crippen LogP contribution in [0.4, 0.5) is 0 Å². The van der Waals surface area contributed by atoms with Gasteiger partial charge in [-0.25, -0.2) is 9.90 Å². The molecule has 7 heteroatoms. The summed E-state index contributed by atoms with van der Waals surface area (Å²) in [5.74, 6) is -0.581. The number of phenols is 1. The molecule has 3 N–H and O–H groups in total. The topological polar surface area (TPSA) is 116 Å². The molecule has 1 heterocycles. The average molecular weight is 285 g/mol. The number of carbonyl (C=O) groups excluding carboxylic acids is 1. The number of benzene rings is 1. The first-order chi connectivity index (χ1) is 9.47. The van der Waals surface area contributed by atoms with Crippen molar-refractivity contribution >= 4 is 5.97 Å². The minimum absolute atomic E-state index is 0.00176. The monoisotopic (exact) mass is 285 g/mol. The summed E-state index contributed by atoms with van der Waals surface area (Å²) in [6.07, 6.45) is -3.34. The number of aromatic hydroxyl groups is 1. The van der Waals surface area contributed by atoms with E-state index in [1.54, 1.807) is 12.1 Å². The van der Waals surface area contributed by atoms with E-state index in [9.17, 15) is 9.90 Å². The van der Waals surface area contributed by atoms with Gasteiger partial charge in [0.25, 0.3) is 0 Å². The molecule has 0 bridgehead atoms. The summed E-state index contributed by atoms with van der Waals surface area (Å²) in [5.41, 5.74) is 0.190. The Balaban J connectivity index is 0.000000204. The fourth-order valence-corrected chi connectivity index (χ4v) is 1.51. The molecule has 111 valence electrons. The molecule has 1 aromatic rings. The van der Waals surface area contributed by atoms with Gasteiger partial charge in [0.2, 0.25) is 0 Å². The fourth-order valence-electron chi connectivity index (χ4n) is 1.51. The Morgan fingerprint density at radius 2 is 1.95 bits per heavy atom. The summed E-state index contributed by atoms with van der Waals surface area (Å²) in [7, 11) is 1.27. The Morgan fingerprint density at radius 1 is 1.30 bits per heavy atom. The summed E-state index contributed by atoms with van der Waals surface area (Å²) in [5, 5.41) is 37.2. The molecule has 1 saturated heterocycles. The Morgan fingerprint density at radius 3 is 2.45 bits per heavy atom. The summed E-state index contributed by atoms with van der Waals surface area (Å²) < 4.78 is 9.06. The van der Waals surface area contributed by atoms with Gasteiger partial charge in [-0.15, -0.1) is 0 Å². The van der Waals surface area contributed by atoms with Crippen molar-refractivity contribution in [2.75, 3.05) is 20.3 Å². The molecular weight excluding hydrogens is 268 g/mol. The lowest BCUT2D eigenvalue weighted by molar-refractivity contribution is -0.169. The van der Waals surface area contributed by atoms with E-state index in [0.29, 0.717) is 0 Å². The smallest absolute Gasteiger partial charge is 0.341 e. The van der Waals surface area contributed by atoms with E-state index in [-0.39, 0.29) is 24.5 Å². The summed E-state index contributed by atoms with van der Waals surface area (Å²) in [4.78, 5) is 10.9. The molecule has 7 nitrogen and oxygen atoms in total. The average Bonchev–Trinajstić information content (AvgIpc) is 2.45. The van der Waals surface area contributed by atoms with Gasteiger partial charge >= 0.3 is 5.97 Å². The Hall–Kier alpha value is -1.67. The second-order valence-corrected chi connectivity index (χ2v) is 4.14. The van der Waals surface area contributed by atoms with Crippen LogP contribution in [-0.4, -0.2) is 59.9 Å². The highest BCUT2D eigenvalue weighted by Crippen LogP contribution is 2.15. The molecule has 0 spiro atoms. The van der Waals surface area contributed by atoms with Crippen molar-refractivity contribution in [1.82, 2.24) is 0 Å². The number of para-hydroxylation sites is 1. The summed E-state index contributed by atoms with van der Waals surface area (Å²) in [6.45, 7) is 0.0676. The van der Waals surface area contributed by atoms with Crippen molar-refractivity contribution in [3.05, 3.63) is 29.8 Å². The van der Waals surface area contributed by atoms with Gasteiger partial charge in [0.05, 0.1) is 20.3 Å².